The molecule has 2 aromatic rings. The standard InChI is InChI=1S/C23H23NO2S2/c1-3-5-8-17-11-13-19(14-12-17)24-22(25)21(28-23(24)27)16-18-9-6-7-10-20(18)26-15-4-2/h4,6-7,9-14,16H,2-3,5,8,15H2,1H3. The van der Waals surface area contributed by atoms with Crippen LogP contribution in [0.2, 0.25) is 0 Å². The monoisotopic (exact) mass is 409 g/mol. The van der Waals surface area contributed by atoms with E-state index in [2.05, 4.69) is 25.6 Å². The van der Waals surface area contributed by atoms with Gasteiger partial charge < -0.3 is 4.74 Å². The van der Waals surface area contributed by atoms with Crippen molar-refractivity contribution in [2.24, 2.45) is 0 Å². The predicted molar refractivity (Wildman–Crippen MR) is 123 cm³/mol. The Kier molecular flexibility index (Phi) is 7.06. The van der Waals surface area contributed by atoms with Gasteiger partial charge in [-0.2, -0.15) is 0 Å². The molecule has 0 radical (unpaired) electrons. The molecule has 0 unspecified atom stereocenters. The molecule has 0 atom stereocenters. The molecular weight excluding hydrogens is 386 g/mol. The van der Waals surface area contributed by atoms with Crippen LogP contribution in [-0.4, -0.2) is 16.8 Å². The zero-order valence-electron chi connectivity index (χ0n) is 15.9. The van der Waals surface area contributed by atoms with E-state index in [1.165, 1.54) is 23.7 Å². The quantitative estimate of drug-likeness (QED) is 0.304. The Morgan fingerprint density at radius 3 is 2.64 bits per heavy atom. The van der Waals surface area contributed by atoms with Crippen molar-refractivity contribution in [2.45, 2.75) is 26.2 Å². The fourth-order valence-electron chi connectivity index (χ4n) is 2.90. The van der Waals surface area contributed by atoms with Crippen LogP contribution in [0.15, 0.2) is 66.1 Å². The molecule has 1 amide bonds. The number of aryl methyl sites for hydroxylation is 1. The Hall–Kier alpha value is -2.37. The summed E-state index contributed by atoms with van der Waals surface area (Å²) in [7, 11) is 0. The zero-order chi connectivity index (χ0) is 19.9. The number of hydrogen-bond acceptors (Lipinski definition) is 4. The number of carbonyl (C=O) groups excluding carboxylic acids is 1. The second-order valence-electron chi connectivity index (χ2n) is 6.42. The predicted octanol–water partition coefficient (Wildman–Crippen LogP) is 6.00. The lowest BCUT2D eigenvalue weighted by molar-refractivity contribution is -0.113. The van der Waals surface area contributed by atoms with Crippen LogP contribution in [0, 0.1) is 0 Å². The molecular formula is C23H23NO2S2. The van der Waals surface area contributed by atoms with Crippen molar-refractivity contribution in [3.05, 3.63) is 77.2 Å². The second kappa shape index (κ2) is 9.71. The third kappa shape index (κ3) is 4.72. The number of amides is 1. The summed E-state index contributed by atoms with van der Waals surface area (Å²) in [6, 6.07) is 15.7. The zero-order valence-corrected chi connectivity index (χ0v) is 17.5. The van der Waals surface area contributed by atoms with Crippen LogP contribution in [0.25, 0.3) is 6.08 Å². The number of hydrogen-bond donors (Lipinski definition) is 0. The van der Waals surface area contributed by atoms with Gasteiger partial charge in [0.25, 0.3) is 5.91 Å². The van der Waals surface area contributed by atoms with Gasteiger partial charge in [-0.25, -0.2) is 0 Å². The molecule has 0 N–H and O–H groups in total. The summed E-state index contributed by atoms with van der Waals surface area (Å²) in [5, 5.41) is 0. The Morgan fingerprint density at radius 1 is 1.18 bits per heavy atom. The van der Waals surface area contributed by atoms with Crippen molar-refractivity contribution in [3.63, 3.8) is 0 Å². The number of benzene rings is 2. The van der Waals surface area contributed by atoms with E-state index in [1.807, 2.05) is 42.5 Å². The van der Waals surface area contributed by atoms with Crippen LogP contribution in [0.3, 0.4) is 0 Å². The van der Waals surface area contributed by atoms with Crippen LogP contribution in [0.5, 0.6) is 5.75 Å². The van der Waals surface area contributed by atoms with Crippen molar-refractivity contribution in [3.8, 4) is 5.75 Å². The topological polar surface area (TPSA) is 29.5 Å². The van der Waals surface area contributed by atoms with Crippen LogP contribution >= 0.6 is 24.0 Å². The summed E-state index contributed by atoms with van der Waals surface area (Å²) >= 11 is 6.80. The fraction of sp³-hybridized carbons (Fsp3) is 0.217. The molecule has 5 heteroatoms. The second-order valence-corrected chi connectivity index (χ2v) is 8.10. The number of unbranched alkanes of at least 4 members (excludes halogenated alkanes) is 1. The van der Waals surface area contributed by atoms with Crippen molar-refractivity contribution >= 4 is 46.0 Å². The maximum Gasteiger partial charge on any atom is 0.270 e. The SMILES string of the molecule is C=CCOc1ccccc1C=C1SC(=S)N(c2ccc(CCCC)cc2)C1=O. The number of ether oxygens (including phenoxy) is 1. The van der Waals surface area contributed by atoms with Crippen molar-refractivity contribution < 1.29 is 9.53 Å². The smallest absolute Gasteiger partial charge is 0.270 e. The Morgan fingerprint density at radius 2 is 1.93 bits per heavy atom. The average Bonchev–Trinajstić information content (AvgIpc) is 2.99. The van der Waals surface area contributed by atoms with Crippen molar-refractivity contribution in [1.82, 2.24) is 0 Å². The number of anilines is 1. The summed E-state index contributed by atoms with van der Waals surface area (Å²) in [4.78, 5) is 15.2. The summed E-state index contributed by atoms with van der Waals surface area (Å²) in [5.41, 5.74) is 2.93. The molecule has 1 fully saturated rings. The highest BCUT2D eigenvalue weighted by molar-refractivity contribution is 8.27. The average molecular weight is 410 g/mol. The summed E-state index contributed by atoms with van der Waals surface area (Å²) < 4.78 is 6.23. The molecule has 0 bridgehead atoms. The number of nitrogens with zero attached hydrogens (tertiary/aromatic N) is 1. The first-order chi connectivity index (χ1) is 13.6. The van der Waals surface area contributed by atoms with Gasteiger partial charge in [0.1, 0.15) is 12.4 Å². The first-order valence-corrected chi connectivity index (χ1v) is 10.6. The fourth-order valence-corrected chi connectivity index (χ4v) is 4.19. The van der Waals surface area contributed by atoms with Crippen LogP contribution in [-0.2, 0) is 11.2 Å². The maximum atomic E-state index is 13.0. The van der Waals surface area contributed by atoms with E-state index in [9.17, 15) is 4.79 Å². The van der Waals surface area contributed by atoms with Gasteiger partial charge in [0.05, 0.1) is 10.6 Å². The molecule has 3 nitrogen and oxygen atoms in total. The van der Waals surface area contributed by atoms with Crippen molar-refractivity contribution in [2.75, 3.05) is 11.5 Å². The molecule has 2 aromatic carbocycles. The van der Waals surface area contributed by atoms with Gasteiger partial charge in [-0.3, -0.25) is 9.69 Å². The third-order valence-corrected chi connectivity index (χ3v) is 5.67. The number of thiocarbonyl (C=S) groups is 1. The molecule has 28 heavy (non-hydrogen) atoms. The number of para-hydroxylation sites is 1. The third-order valence-electron chi connectivity index (χ3n) is 4.37. The molecule has 0 saturated carbocycles. The minimum atomic E-state index is -0.102. The molecule has 1 heterocycles. The van der Waals surface area contributed by atoms with E-state index >= 15 is 0 Å². The maximum absolute atomic E-state index is 13.0. The molecule has 0 aliphatic carbocycles. The van der Waals surface area contributed by atoms with Gasteiger partial charge in [0, 0.05) is 5.56 Å². The molecule has 0 aromatic heterocycles. The van der Waals surface area contributed by atoms with E-state index < -0.39 is 0 Å². The minimum Gasteiger partial charge on any atom is -0.489 e. The van der Waals surface area contributed by atoms with Crippen LogP contribution in [0.4, 0.5) is 5.69 Å². The van der Waals surface area contributed by atoms with E-state index in [1.54, 1.807) is 11.0 Å². The number of thioether (sulfide) groups is 1. The lowest BCUT2D eigenvalue weighted by atomic mass is 10.1. The largest absolute Gasteiger partial charge is 0.489 e. The lowest BCUT2D eigenvalue weighted by Crippen LogP contribution is -2.27. The van der Waals surface area contributed by atoms with Gasteiger partial charge in [0.15, 0.2) is 4.32 Å². The van der Waals surface area contributed by atoms with Gasteiger partial charge in [-0.15, -0.1) is 0 Å². The number of carbonyl (C=O) groups is 1. The highest BCUT2D eigenvalue weighted by Crippen LogP contribution is 2.37. The highest BCUT2D eigenvalue weighted by Gasteiger charge is 2.33. The molecule has 1 saturated heterocycles. The van der Waals surface area contributed by atoms with Crippen LogP contribution in [0.1, 0.15) is 30.9 Å². The van der Waals surface area contributed by atoms with Gasteiger partial charge >= 0.3 is 0 Å². The first-order valence-electron chi connectivity index (χ1n) is 9.33. The Labute approximate surface area is 176 Å². The van der Waals surface area contributed by atoms with Crippen LogP contribution < -0.4 is 9.64 Å². The van der Waals surface area contributed by atoms with E-state index in [0.717, 1.165) is 24.1 Å². The molecule has 144 valence electrons. The molecule has 1 aliphatic rings. The molecule has 3 rings (SSSR count). The molecule has 1 aliphatic heterocycles. The van der Waals surface area contributed by atoms with Gasteiger partial charge in [0.2, 0.25) is 0 Å². The Balaban J connectivity index is 1.82. The minimum absolute atomic E-state index is 0.102. The van der Waals surface area contributed by atoms with E-state index in [0.29, 0.717) is 21.6 Å². The van der Waals surface area contributed by atoms with Gasteiger partial charge in [-0.05, 0) is 42.7 Å². The van der Waals surface area contributed by atoms with Gasteiger partial charge in [-0.1, -0.05) is 80.3 Å². The Bertz CT molecular complexity index is 903. The summed E-state index contributed by atoms with van der Waals surface area (Å²) in [6.07, 6.45) is 6.92. The lowest BCUT2D eigenvalue weighted by Gasteiger charge is -2.15. The molecule has 0 spiro atoms. The first kappa shape index (κ1) is 20.4. The normalized spacial score (nSPS) is 15.3. The van der Waals surface area contributed by atoms with E-state index in [-0.39, 0.29) is 5.91 Å². The highest BCUT2D eigenvalue weighted by atomic mass is 32.2. The van der Waals surface area contributed by atoms with E-state index in [4.69, 9.17) is 17.0 Å². The summed E-state index contributed by atoms with van der Waals surface area (Å²) in [5.74, 6) is 0.614. The van der Waals surface area contributed by atoms with Crippen molar-refractivity contribution in [1.29, 1.82) is 0 Å². The number of rotatable bonds is 8. The summed E-state index contributed by atoms with van der Waals surface area (Å²) in [6.45, 7) is 6.27.